The topological polar surface area (TPSA) is 128 Å². The maximum atomic E-state index is 12.8. The van der Waals surface area contributed by atoms with Gasteiger partial charge < -0.3 is 19.3 Å². The van der Waals surface area contributed by atoms with Gasteiger partial charge in [-0.25, -0.2) is 14.8 Å². The molecule has 41 heavy (non-hydrogen) atoms. The summed E-state index contributed by atoms with van der Waals surface area (Å²) < 4.78 is 16.4. The van der Waals surface area contributed by atoms with Crippen LogP contribution in [-0.2, 0) is 16.3 Å². The number of esters is 1. The van der Waals surface area contributed by atoms with Gasteiger partial charge in [0.15, 0.2) is 6.73 Å². The molecule has 3 aromatic heterocycles. The number of rotatable bonds is 13. The van der Waals surface area contributed by atoms with E-state index in [-0.39, 0.29) is 24.7 Å². The number of hydrogen-bond donors (Lipinski definition) is 1. The van der Waals surface area contributed by atoms with Crippen molar-refractivity contribution in [1.82, 2.24) is 28.8 Å². The molecule has 2 amide bonds. The number of anilines is 2. The SMILES string of the molecule is CCCCCCCCC(=O)OCn1ccc2c(N(C)C3C[C@@H]4CN(C(=O)Nc5nc(OC)ns5)C[C@@H]4C3)ncnc21. The van der Waals surface area contributed by atoms with Gasteiger partial charge in [0, 0.05) is 50.3 Å². The second-order valence-electron chi connectivity index (χ2n) is 11.1. The number of nitrogens with one attached hydrogen (secondary N) is 1. The van der Waals surface area contributed by atoms with Gasteiger partial charge in [0.2, 0.25) is 5.13 Å². The average molecular weight is 585 g/mol. The Kier molecular flexibility index (Phi) is 9.53. The molecule has 1 saturated carbocycles. The largest absolute Gasteiger partial charge is 0.466 e. The van der Waals surface area contributed by atoms with E-state index in [9.17, 15) is 9.59 Å². The maximum Gasteiger partial charge on any atom is 0.329 e. The Balaban J connectivity index is 1.12. The first kappa shape index (κ1) is 29.0. The number of carbonyl (C=O) groups is 2. The Morgan fingerprint density at radius 1 is 1.12 bits per heavy atom. The molecule has 0 bridgehead atoms. The number of amides is 2. The number of unbranched alkanes of at least 4 members (excludes halogenated alkanes) is 5. The predicted molar refractivity (Wildman–Crippen MR) is 157 cm³/mol. The second-order valence-corrected chi connectivity index (χ2v) is 11.8. The lowest BCUT2D eigenvalue weighted by atomic mass is 10.0. The fraction of sp³-hybridized carbons (Fsp3) is 0.643. The minimum absolute atomic E-state index is 0.144. The summed E-state index contributed by atoms with van der Waals surface area (Å²) in [5.41, 5.74) is 0.753. The molecule has 1 N–H and O–H groups in total. The van der Waals surface area contributed by atoms with Crippen molar-refractivity contribution in [3.8, 4) is 6.01 Å². The summed E-state index contributed by atoms with van der Waals surface area (Å²) in [5.74, 6) is 1.57. The standard InChI is InChI=1S/C28H40N8O4S/c1-4-5-6-7-8-9-10-23(37)40-18-35-12-11-22-24(29-17-30-25(22)35)34(2)21-13-19-15-36(16-20(19)14-21)28(38)32-27-31-26(39-3)33-41-27/h11-12,17,19-21H,4-10,13-16,18H2,1-3H3,(H,31,32,33,38)/t19-,20+,21?. The molecule has 222 valence electrons. The highest BCUT2D eigenvalue weighted by molar-refractivity contribution is 7.10. The summed E-state index contributed by atoms with van der Waals surface area (Å²) in [6.07, 6.45) is 12.7. The van der Waals surface area contributed by atoms with E-state index < -0.39 is 0 Å². The van der Waals surface area contributed by atoms with Crippen LogP contribution in [0.3, 0.4) is 0 Å². The van der Waals surface area contributed by atoms with Crippen LogP contribution in [-0.4, -0.2) is 74.1 Å². The fourth-order valence-electron chi connectivity index (χ4n) is 6.08. The van der Waals surface area contributed by atoms with Crippen molar-refractivity contribution in [2.45, 2.75) is 77.5 Å². The molecule has 2 fully saturated rings. The van der Waals surface area contributed by atoms with Crippen LogP contribution in [0.5, 0.6) is 6.01 Å². The van der Waals surface area contributed by atoms with Gasteiger partial charge in [-0.05, 0) is 37.2 Å². The zero-order valence-electron chi connectivity index (χ0n) is 24.1. The molecule has 0 aromatic carbocycles. The summed E-state index contributed by atoms with van der Waals surface area (Å²) in [6, 6.07) is 2.43. The molecule has 3 aromatic rings. The summed E-state index contributed by atoms with van der Waals surface area (Å²) in [7, 11) is 3.58. The molecule has 1 aliphatic heterocycles. The van der Waals surface area contributed by atoms with E-state index in [1.54, 1.807) is 6.33 Å². The zero-order valence-corrected chi connectivity index (χ0v) is 24.9. The Hall–Kier alpha value is -3.48. The molecular formula is C28H40N8O4S. The molecule has 3 atom stereocenters. The van der Waals surface area contributed by atoms with Gasteiger partial charge in [0.05, 0.1) is 12.5 Å². The summed E-state index contributed by atoms with van der Waals surface area (Å²) in [6.45, 7) is 3.79. The molecule has 0 radical (unpaired) electrons. The van der Waals surface area contributed by atoms with Crippen molar-refractivity contribution < 1.29 is 19.1 Å². The number of fused-ring (bicyclic) bond motifs is 2. The number of hydrogen-bond acceptors (Lipinski definition) is 10. The van der Waals surface area contributed by atoms with Crippen LogP contribution in [0.2, 0.25) is 0 Å². The molecule has 1 saturated heterocycles. The van der Waals surface area contributed by atoms with Crippen LogP contribution in [0.25, 0.3) is 11.0 Å². The van der Waals surface area contributed by atoms with E-state index in [2.05, 4.69) is 43.5 Å². The Bertz CT molecular complexity index is 1320. The summed E-state index contributed by atoms with van der Waals surface area (Å²) in [5, 5.41) is 4.21. The Morgan fingerprint density at radius 3 is 2.61 bits per heavy atom. The number of methoxy groups -OCH3 is 1. The van der Waals surface area contributed by atoms with E-state index in [0.29, 0.717) is 29.4 Å². The number of likely N-dealkylation sites (tertiary alicyclic amines) is 1. The van der Waals surface area contributed by atoms with Gasteiger partial charge in [-0.1, -0.05) is 39.0 Å². The quantitative estimate of drug-likeness (QED) is 0.220. The van der Waals surface area contributed by atoms with Gasteiger partial charge in [-0.2, -0.15) is 4.98 Å². The summed E-state index contributed by atoms with van der Waals surface area (Å²) in [4.78, 5) is 42.4. The molecule has 2 aliphatic rings. The van der Waals surface area contributed by atoms with E-state index in [0.717, 1.165) is 67.2 Å². The second kappa shape index (κ2) is 13.5. The van der Waals surface area contributed by atoms with E-state index >= 15 is 0 Å². The molecule has 4 heterocycles. The van der Waals surface area contributed by atoms with Crippen molar-refractivity contribution in [1.29, 1.82) is 0 Å². The molecule has 5 rings (SSSR count). The number of ether oxygens (including phenoxy) is 2. The van der Waals surface area contributed by atoms with Gasteiger partial charge in [0.1, 0.15) is 17.8 Å². The van der Waals surface area contributed by atoms with Crippen LogP contribution in [0, 0.1) is 11.8 Å². The van der Waals surface area contributed by atoms with Gasteiger partial charge in [-0.15, -0.1) is 4.37 Å². The average Bonchev–Trinajstić information content (AvgIpc) is 3.76. The molecule has 13 heteroatoms. The van der Waals surface area contributed by atoms with Crippen molar-refractivity contribution in [3.05, 3.63) is 18.6 Å². The molecular weight excluding hydrogens is 544 g/mol. The van der Waals surface area contributed by atoms with Crippen LogP contribution >= 0.6 is 11.5 Å². The first-order valence-electron chi connectivity index (χ1n) is 14.6. The molecule has 1 aliphatic carbocycles. The third-order valence-electron chi connectivity index (χ3n) is 8.33. The Morgan fingerprint density at radius 2 is 1.88 bits per heavy atom. The highest BCUT2D eigenvalue weighted by atomic mass is 32.1. The van der Waals surface area contributed by atoms with Crippen molar-refractivity contribution in [2.75, 3.05) is 37.5 Å². The number of aromatic nitrogens is 5. The van der Waals surface area contributed by atoms with Crippen LogP contribution in [0.4, 0.5) is 15.7 Å². The van der Waals surface area contributed by atoms with Gasteiger partial charge >= 0.3 is 18.0 Å². The molecule has 0 spiro atoms. The smallest absolute Gasteiger partial charge is 0.329 e. The third kappa shape index (κ3) is 6.88. The molecule has 1 unspecified atom stereocenters. The van der Waals surface area contributed by atoms with Crippen LogP contribution in [0.15, 0.2) is 18.6 Å². The highest BCUT2D eigenvalue weighted by Gasteiger charge is 2.44. The minimum atomic E-state index is -0.169. The minimum Gasteiger partial charge on any atom is -0.466 e. The van der Waals surface area contributed by atoms with Crippen LogP contribution < -0.4 is 15.0 Å². The monoisotopic (exact) mass is 584 g/mol. The third-order valence-corrected chi connectivity index (χ3v) is 8.95. The normalized spacial score (nSPS) is 19.9. The first-order chi connectivity index (χ1) is 20.0. The predicted octanol–water partition coefficient (Wildman–Crippen LogP) is 4.92. The number of nitrogens with zero attached hydrogens (tertiary/aromatic N) is 7. The molecule has 12 nitrogen and oxygen atoms in total. The van der Waals surface area contributed by atoms with E-state index in [1.165, 1.54) is 32.8 Å². The Labute approximate surface area is 244 Å². The van der Waals surface area contributed by atoms with Crippen molar-refractivity contribution in [3.63, 3.8) is 0 Å². The lowest BCUT2D eigenvalue weighted by molar-refractivity contribution is -0.147. The van der Waals surface area contributed by atoms with Crippen molar-refractivity contribution in [2.24, 2.45) is 11.8 Å². The van der Waals surface area contributed by atoms with E-state index in [4.69, 9.17) is 9.47 Å². The lowest BCUT2D eigenvalue weighted by Crippen LogP contribution is -2.36. The zero-order chi connectivity index (χ0) is 28.8. The van der Waals surface area contributed by atoms with Crippen LogP contribution in [0.1, 0.15) is 64.7 Å². The van der Waals surface area contributed by atoms with Gasteiger partial charge in [-0.3, -0.25) is 14.7 Å². The summed E-state index contributed by atoms with van der Waals surface area (Å²) >= 11 is 1.11. The maximum absolute atomic E-state index is 12.8. The number of carbonyl (C=O) groups excluding carboxylic acids is 2. The highest BCUT2D eigenvalue weighted by Crippen LogP contribution is 2.41. The lowest BCUT2D eigenvalue weighted by Gasteiger charge is -2.28. The number of urea groups is 1. The fourth-order valence-corrected chi connectivity index (χ4v) is 6.61. The first-order valence-corrected chi connectivity index (χ1v) is 15.4. The van der Waals surface area contributed by atoms with Crippen molar-refractivity contribution >= 4 is 45.5 Å². The van der Waals surface area contributed by atoms with E-state index in [1.807, 2.05) is 21.7 Å². The van der Waals surface area contributed by atoms with Gasteiger partial charge in [0.25, 0.3) is 0 Å².